The Morgan fingerprint density at radius 2 is 1.52 bits per heavy atom. The fraction of sp³-hybridized carbons (Fsp3) is 0.452. The third-order valence-corrected chi connectivity index (χ3v) is 8.84. The normalized spacial score (nSPS) is 15.3. The summed E-state index contributed by atoms with van der Waals surface area (Å²) in [4.78, 5) is 67.1. The first kappa shape index (κ1) is 34.4. The molecule has 0 fully saturated rings. The molecule has 3 atom stereocenters. The van der Waals surface area contributed by atoms with Crippen molar-refractivity contribution in [2.45, 2.75) is 77.7 Å². The van der Waals surface area contributed by atoms with Crippen molar-refractivity contribution in [3.63, 3.8) is 0 Å². The van der Waals surface area contributed by atoms with Crippen LogP contribution in [0.5, 0.6) is 0 Å². The van der Waals surface area contributed by atoms with Crippen LogP contribution in [0.3, 0.4) is 0 Å². The highest BCUT2D eigenvalue weighted by Gasteiger charge is 2.43. The summed E-state index contributed by atoms with van der Waals surface area (Å²) in [7, 11) is -2.31. The van der Waals surface area contributed by atoms with E-state index in [1.54, 1.807) is 26.0 Å². The highest BCUT2D eigenvalue weighted by Crippen LogP contribution is 2.32. The summed E-state index contributed by atoms with van der Waals surface area (Å²) in [5.41, 5.74) is 1.26. The number of nitrogens with zero attached hydrogens (tertiary/aromatic N) is 1. The lowest BCUT2D eigenvalue weighted by molar-refractivity contribution is -0.141. The molecule has 1 heterocycles. The van der Waals surface area contributed by atoms with Gasteiger partial charge in [0.1, 0.15) is 12.1 Å². The molecule has 0 unspecified atom stereocenters. The quantitative estimate of drug-likeness (QED) is 0.258. The summed E-state index contributed by atoms with van der Waals surface area (Å²) in [5, 5.41) is 7.77. The van der Waals surface area contributed by atoms with Gasteiger partial charge in [0, 0.05) is 18.7 Å². The Morgan fingerprint density at radius 1 is 0.909 bits per heavy atom. The number of nitrogens with one attached hydrogen (secondary N) is 4. The molecule has 0 spiro atoms. The largest absolute Gasteiger partial charge is 0.345 e. The average Bonchev–Trinajstić information content (AvgIpc) is 3.28. The van der Waals surface area contributed by atoms with Crippen molar-refractivity contribution in [1.82, 2.24) is 25.6 Å². The van der Waals surface area contributed by atoms with E-state index in [0.717, 1.165) is 5.56 Å². The molecule has 2 aromatic rings. The van der Waals surface area contributed by atoms with E-state index in [0.29, 0.717) is 11.1 Å². The average molecular weight is 628 g/mol. The van der Waals surface area contributed by atoms with Crippen LogP contribution >= 0.6 is 0 Å². The number of amides is 4. The standard InChI is InChI=1S/C31H41N5O7S/c1-18(2)24(25(37)28(39)33-16-20-12-14-22(15-13-20)44(42,43)32-7)35-27(38)19(3)34-29(40)26(31(4,5)6)36-17-21-10-8-9-11-23(21)30(36)41/h8-15,18-19,24,26,32H,16-17H2,1-7H3,(H,33,39)(H,34,40)(H,35,38)/t19-,24-,26+/m0/s1. The number of carbonyl (C=O) groups excluding carboxylic acids is 5. The predicted molar refractivity (Wildman–Crippen MR) is 163 cm³/mol. The number of benzene rings is 2. The lowest BCUT2D eigenvalue weighted by Crippen LogP contribution is -2.59. The van der Waals surface area contributed by atoms with Crippen molar-refractivity contribution in [3.05, 3.63) is 65.2 Å². The number of hydrogen-bond donors (Lipinski definition) is 4. The number of hydrogen-bond acceptors (Lipinski definition) is 7. The van der Waals surface area contributed by atoms with Crippen LogP contribution in [0.25, 0.3) is 0 Å². The van der Waals surface area contributed by atoms with Crippen molar-refractivity contribution in [2.75, 3.05) is 7.05 Å². The van der Waals surface area contributed by atoms with Gasteiger partial charge in [-0.05, 0) is 54.6 Å². The van der Waals surface area contributed by atoms with Crippen LogP contribution in [0.1, 0.15) is 63.0 Å². The highest BCUT2D eigenvalue weighted by atomic mass is 32.2. The maximum Gasteiger partial charge on any atom is 0.289 e. The van der Waals surface area contributed by atoms with Gasteiger partial charge < -0.3 is 20.9 Å². The number of sulfonamides is 1. The second kappa shape index (κ2) is 13.7. The fourth-order valence-electron chi connectivity index (χ4n) is 4.97. The second-order valence-corrected chi connectivity index (χ2v) is 14.1. The minimum absolute atomic E-state index is 0.0387. The van der Waals surface area contributed by atoms with E-state index in [4.69, 9.17) is 0 Å². The number of rotatable bonds is 12. The zero-order chi connectivity index (χ0) is 33.0. The van der Waals surface area contributed by atoms with Crippen molar-refractivity contribution in [3.8, 4) is 0 Å². The van der Waals surface area contributed by atoms with E-state index in [-0.39, 0.29) is 23.9 Å². The molecule has 44 heavy (non-hydrogen) atoms. The van der Waals surface area contributed by atoms with Gasteiger partial charge in [-0.2, -0.15) is 0 Å². The van der Waals surface area contributed by atoms with Gasteiger partial charge in [-0.15, -0.1) is 0 Å². The first-order valence-corrected chi connectivity index (χ1v) is 15.8. The molecule has 12 nitrogen and oxygen atoms in total. The third kappa shape index (κ3) is 7.88. The Balaban J connectivity index is 1.63. The maximum absolute atomic E-state index is 13.5. The molecule has 1 aliphatic rings. The van der Waals surface area contributed by atoms with Gasteiger partial charge >= 0.3 is 0 Å². The molecule has 13 heteroatoms. The SMILES string of the molecule is CNS(=O)(=O)c1ccc(CNC(=O)C(=O)[C@@H](NC(=O)[C@H](C)NC(=O)[C@@H](N2Cc3ccccc3C2=O)C(C)(C)C)C(C)C)cc1. The van der Waals surface area contributed by atoms with E-state index >= 15 is 0 Å². The molecule has 3 rings (SSSR count). The van der Waals surface area contributed by atoms with Crippen molar-refractivity contribution in [1.29, 1.82) is 0 Å². The fourth-order valence-corrected chi connectivity index (χ4v) is 5.70. The molecule has 0 aliphatic carbocycles. The zero-order valence-electron chi connectivity index (χ0n) is 26.1. The van der Waals surface area contributed by atoms with Crippen LogP contribution in [0.4, 0.5) is 0 Å². The second-order valence-electron chi connectivity index (χ2n) is 12.2. The number of Topliss-reactive ketones (excluding diaryl/α,β-unsaturated/α-hetero) is 1. The zero-order valence-corrected chi connectivity index (χ0v) is 26.9. The summed E-state index contributed by atoms with van der Waals surface area (Å²) in [6, 6.07) is 9.83. The first-order valence-electron chi connectivity index (χ1n) is 14.3. The Kier molecular flexibility index (Phi) is 10.7. The Bertz CT molecular complexity index is 1530. The van der Waals surface area contributed by atoms with Gasteiger partial charge in [0.05, 0.1) is 10.9 Å². The number of fused-ring (bicyclic) bond motifs is 1. The smallest absolute Gasteiger partial charge is 0.289 e. The van der Waals surface area contributed by atoms with Gasteiger partial charge in [0.15, 0.2) is 0 Å². The van der Waals surface area contributed by atoms with E-state index in [1.165, 1.54) is 43.1 Å². The third-order valence-electron chi connectivity index (χ3n) is 7.41. The molecule has 1 aliphatic heterocycles. The molecular formula is C31H41N5O7S. The summed E-state index contributed by atoms with van der Waals surface area (Å²) < 4.78 is 26.0. The number of ketones is 1. The van der Waals surface area contributed by atoms with Gasteiger partial charge in [-0.3, -0.25) is 24.0 Å². The molecular weight excluding hydrogens is 586 g/mol. The van der Waals surface area contributed by atoms with E-state index < -0.39 is 63.0 Å². The van der Waals surface area contributed by atoms with Gasteiger partial charge in [0.2, 0.25) is 27.6 Å². The van der Waals surface area contributed by atoms with Crippen LogP contribution in [0, 0.1) is 11.3 Å². The van der Waals surface area contributed by atoms with Crippen LogP contribution in [0.2, 0.25) is 0 Å². The summed E-state index contributed by atoms with van der Waals surface area (Å²) in [6.07, 6.45) is 0. The summed E-state index contributed by atoms with van der Waals surface area (Å²) in [6.45, 7) is 10.5. The van der Waals surface area contributed by atoms with Gasteiger partial charge in [-0.25, -0.2) is 13.1 Å². The lowest BCUT2D eigenvalue weighted by Gasteiger charge is -2.37. The molecule has 0 bridgehead atoms. The van der Waals surface area contributed by atoms with Crippen LogP contribution < -0.4 is 20.7 Å². The summed E-state index contributed by atoms with van der Waals surface area (Å²) in [5.74, 6) is -3.68. The molecule has 0 aromatic heterocycles. The van der Waals surface area contributed by atoms with Gasteiger partial charge in [-0.1, -0.05) is 65.0 Å². The van der Waals surface area contributed by atoms with Crippen LogP contribution in [-0.4, -0.2) is 67.9 Å². The van der Waals surface area contributed by atoms with Crippen molar-refractivity contribution >= 4 is 39.4 Å². The highest BCUT2D eigenvalue weighted by molar-refractivity contribution is 7.89. The molecule has 4 N–H and O–H groups in total. The van der Waals surface area contributed by atoms with E-state index in [2.05, 4.69) is 20.7 Å². The molecule has 2 aromatic carbocycles. The number of carbonyl (C=O) groups is 5. The maximum atomic E-state index is 13.5. The Morgan fingerprint density at radius 3 is 2.07 bits per heavy atom. The molecule has 0 saturated carbocycles. The van der Waals surface area contributed by atoms with Crippen LogP contribution in [-0.2, 0) is 42.3 Å². The van der Waals surface area contributed by atoms with Gasteiger partial charge in [0.25, 0.3) is 11.8 Å². The van der Waals surface area contributed by atoms with Crippen LogP contribution in [0.15, 0.2) is 53.4 Å². The molecule has 4 amide bonds. The van der Waals surface area contributed by atoms with Crippen molar-refractivity contribution in [2.24, 2.45) is 11.3 Å². The minimum atomic E-state index is -3.61. The monoisotopic (exact) mass is 627 g/mol. The topological polar surface area (TPSA) is 171 Å². The van der Waals surface area contributed by atoms with E-state index in [9.17, 15) is 32.4 Å². The Hall–Kier alpha value is -4.10. The first-order chi connectivity index (χ1) is 20.5. The molecule has 0 saturated heterocycles. The molecule has 238 valence electrons. The van der Waals surface area contributed by atoms with E-state index in [1.807, 2.05) is 32.9 Å². The predicted octanol–water partition coefficient (Wildman–Crippen LogP) is 1.50. The summed E-state index contributed by atoms with van der Waals surface area (Å²) >= 11 is 0. The minimum Gasteiger partial charge on any atom is -0.345 e. The lowest BCUT2D eigenvalue weighted by atomic mass is 9.84. The Labute approximate surface area is 258 Å². The molecule has 0 radical (unpaired) electrons. The van der Waals surface area contributed by atoms with Crippen molar-refractivity contribution < 1.29 is 32.4 Å².